The number of rotatable bonds is 5. The number of piperidine rings is 1. The van der Waals surface area contributed by atoms with Gasteiger partial charge in [-0.1, -0.05) is 0 Å². The lowest BCUT2D eigenvalue weighted by molar-refractivity contribution is -0.162. The van der Waals surface area contributed by atoms with E-state index in [1.54, 1.807) is 0 Å². The van der Waals surface area contributed by atoms with Crippen LogP contribution >= 0.6 is 0 Å². The van der Waals surface area contributed by atoms with Crippen LogP contribution in [0.2, 0.25) is 0 Å². The molecule has 0 aromatic heterocycles. The third kappa shape index (κ3) is 4.55. The van der Waals surface area contributed by atoms with Gasteiger partial charge < -0.3 is 19.6 Å². The molecule has 1 unspecified atom stereocenters. The van der Waals surface area contributed by atoms with Gasteiger partial charge in [0.15, 0.2) is 5.60 Å². The lowest BCUT2D eigenvalue weighted by Gasteiger charge is -2.33. The highest BCUT2D eigenvalue weighted by atomic mass is 16.5. The number of methoxy groups -OCH3 is 1. The normalized spacial score (nSPS) is 21.9. The summed E-state index contributed by atoms with van der Waals surface area (Å²) in [5.74, 6) is 0.0809. The highest BCUT2D eigenvalue weighted by molar-refractivity contribution is 5.78. The van der Waals surface area contributed by atoms with Gasteiger partial charge in [0, 0.05) is 13.1 Å². The van der Waals surface area contributed by atoms with E-state index in [4.69, 9.17) is 0 Å². The summed E-state index contributed by atoms with van der Waals surface area (Å²) < 4.78 is 4.60. The van der Waals surface area contributed by atoms with Crippen molar-refractivity contribution in [1.82, 2.24) is 9.80 Å². The second-order valence-corrected chi connectivity index (χ2v) is 5.71. The minimum absolute atomic E-state index is 0.312. The Morgan fingerprint density at radius 3 is 2.56 bits per heavy atom. The third-order valence-electron chi connectivity index (χ3n) is 3.61. The molecule has 0 spiro atoms. The maximum atomic E-state index is 11.4. The molecule has 0 aromatic carbocycles. The van der Waals surface area contributed by atoms with Crippen LogP contribution in [0.25, 0.3) is 0 Å². The molecule has 1 saturated heterocycles. The van der Waals surface area contributed by atoms with Crippen molar-refractivity contribution in [3.8, 4) is 0 Å². The molecular formula is C13H26N2O3. The molecule has 1 rings (SSSR count). The average molecular weight is 258 g/mol. The minimum atomic E-state index is -1.42. The second-order valence-electron chi connectivity index (χ2n) is 5.71. The van der Waals surface area contributed by atoms with Crippen LogP contribution in [0.15, 0.2) is 0 Å². The number of ether oxygens (including phenoxy) is 1. The Labute approximate surface area is 110 Å². The fourth-order valence-corrected chi connectivity index (χ4v) is 2.56. The fraction of sp³-hybridized carbons (Fsp3) is 0.923. The average Bonchev–Trinajstić information content (AvgIpc) is 2.30. The summed E-state index contributed by atoms with van der Waals surface area (Å²) in [7, 11) is 5.38. The molecule has 0 radical (unpaired) electrons. The largest absolute Gasteiger partial charge is 0.467 e. The quantitative estimate of drug-likeness (QED) is 0.713. The summed E-state index contributed by atoms with van der Waals surface area (Å²) >= 11 is 0. The van der Waals surface area contributed by atoms with Gasteiger partial charge in [-0.05, 0) is 52.9 Å². The van der Waals surface area contributed by atoms with E-state index in [1.807, 2.05) is 11.9 Å². The number of nitrogens with zero attached hydrogens (tertiary/aromatic N) is 2. The number of likely N-dealkylation sites (tertiary alicyclic amines) is 1. The summed E-state index contributed by atoms with van der Waals surface area (Å²) in [6.07, 6.45) is 2.36. The number of carbonyl (C=O) groups is 1. The number of carbonyl (C=O) groups excluding carboxylic acids is 1. The Balaban J connectivity index is 2.37. The summed E-state index contributed by atoms with van der Waals surface area (Å²) in [5, 5.41) is 10.0. The van der Waals surface area contributed by atoms with E-state index in [9.17, 15) is 9.90 Å². The Morgan fingerprint density at radius 2 is 2.06 bits per heavy atom. The smallest absolute Gasteiger partial charge is 0.338 e. The molecule has 0 saturated carbocycles. The molecule has 1 atom stereocenters. The number of hydrogen-bond donors (Lipinski definition) is 1. The molecule has 5 nitrogen and oxygen atoms in total. The first-order chi connectivity index (χ1) is 8.35. The molecule has 106 valence electrons. The van der Waals surface area contributed by atoms with Crippen molar-refractivity contribution in [2.24, 2.45) is 5.92 Å². The zero-order valence-corrected chi connectivity index (χ0v) is 12.0. The standard InChI is InChI=1S/C13H26N2O3/c1-13(17,12(16)18-4)10-15(3)9-11-5-7-14(2)8-6-11/h11,17H,5-10H2,1-4H3. The zero-order chi connectivity index (χ0) is 13.8. The Bertz CT molecular complexity index is 273. The monoisotopic (exact) mass is 258 g/mol. The molecule has 18 heavy (non-hydrogen) atoms. The van der Waals surface area contributed by atoms with Crippen molar-refractivity contribution in [2.45, 2.75) is 25.4 Å². The van der Waals surface area contributed by atoms with E-state index in [-0.39, 0.29) is 0 Å². The maximum Gasteiger partial charge on any atom is 0.338 e. The van der Waals surface area contributed by atoms with Gasteiger partial charge in [-0.15, -0.1) is 0 Å². The molecule has 5 heteroatoms. The van der Waals surface area contributed by atoms with Gasteiger partial charge in [-0.2, -0.15) is 0 Å². The van der Waals surface area contributed by atoms with E-state index in [2.05, 4.69) is 16.7 Å². The third-order valence-corrected chi connectivity index (χ3v) is 3.61. The Hall–Kier alpha value is -0.650. The van der Waals surface area contributed by atoms with Crippen molar-refractivity contribution in [2.75, 3.05) is 47.4 Å². The molecule has 0 amide bonds. The highest BCUT2D eigenvalue weighted by Crippen LogP contribution is 2.18. The van der Waals surface area contributed by atoms with Crippen molar-refractivity contribution in [3.05, 3.63) is 0 Å². The minimum Gasteiger partial charge on any atom is -0.467 e. The van der Waals surface area contributed by atoms with Crippen LogP contribution in [0.5, 0.6) is 0 Å². The number of aliphatic hydroxyl groups is 1. The molecule has 1 aliphatic rings. The lowest BCUT2D eigenvalue weighted by Crippen LogP contribution is -2.47. The van der Waals surface area contributed by atoms with Gasteiger partial charge in [0.25, 0.3) is 0 Å². The molecule has 0 aromatic rings. The van der Waals surface area contributed by atoms with Gasteiger partial charge >= 0.3 is 5.97 Å². The van der Waals surface area contributed by atoms with Gasteiger partial charge in [0.05, 0.1) is 7.11 Å². The van der Waals surface area contributed by atoms with Crippen LogP contribution in [-0.2, 0) is 9.53 Å². The second kappa shape index (κ2) is 6.50. The molecule has 1 heterocycles. The number of hydrogen-bond acceptors (Lipinski definition) is 5. The first kappa shape index (κ1) is 15.4. The number of likely N-dealkylation sites (N-methyl/N-ethyl adjacent to an activating group) is 1. The van der Waals surface area contributed by atoms with Crippen molar-refractivity contribution in [3.63, 3.8) is 0 Å². The van der Waals surface area contributed by atoms with Crippen LogP contribution in [-0.4, -0.2) is 73.9 Å². The topological polar surface area (TPSA) is 53.0 Å². The van der Waals surface area contributed by atoms with E-state index in [0.717, 1.165) is 19.6 Å². The van der Waals surface area contributed by atoms with E-state index < -0.39 is 11.6 Å². The van der Waals surface area contributed by atoms with Crippen LogP contribution in [0.4, 0.5) is 0 Å². The van der Waals surface area contributed by atoms with Crippen LogP contribution in [0.1, 0.15) is 19.8 Å². The van der Waals surface area contributed by atoms with Gasteiger partial charge in [-0.3, -0.25) is 0 Å². The molecule has 1 aliphatic heterocycles. The molecule has 0 bridgehead atoms. The van der Waals surface area contributed by atoms with Crippen molar-refractivity contribution in [1.29, 1.82) is 0 Å². The van der Waals surface area contributed by atoms with Crippen LogP contribution < -0.4 is 0 Å². The fourth-order valence-electron chi connectivity index (χ4n) is 2.56. The van der Waals surface area contributed by atoms with Crippen molar-refractivity contribution >= 4 is 5.97 Å². The predicted octanol–water partition coefficient (Wildman–Crippen LogP) is 0.184. The van der Waals surface area contributed by atoms with Gasteiger partial charge in [0.2, 0.25) is 0 Å². The Morgan fingerprint density at radius 1 is 1.50 bits per heavy atom. The van der Waals surface area contributed by atoms with Crippen molar-refractivity contribution < 1.29 is 14.6 Å². The van der Waals surface area contributed by atoms with E-state index >= 15 is 0 Å². The zero-order valence-electron chi connectivity index (χ0n) is 12.0. The molecular weight excluding hydrogens is 232 g/mol. The summed E-state index contributed by atoms with van der Waals surface area (Å²) in [6.45, 7) is 4.99. The van der Waals surface area contributed by atoms with Gasteiger partial charge in [0.1, 0.15) is 0 Å². The molecule has 1 N–H and O–H groups in total. The van der Waals surface area contributed by atoms with Gasteiger partial charge in [-0.25, -0.2) is 4.79 Å². The molecule has 0 aliphatic carbocycles. The lowest BCUT2D eigenvalue weighted by atomic mass is 9.96. The number of esters is 1. The summed E-state index contributed by atoms with van der Waals surface area (Å²) in [5.41, 5.74) is -1.42. The first-order valence-corrected chi connectivity index (χ1v) is 6.53. The van der Waals surface area contributed by atoms with Crippen LogP contribution in [0, 0.1) is 5.92 Å². The van der Waals surface area contributed by atoms with E-state index in [0.29, 0.717) is 12.5 Å². The SMILES string of the molecule is COC(=O)C(C)(O)CN(C)CC1CCN(C)CC1. The summed E-state index contributed by atoms with van der Waals surface area (Å²) in [6, 6.07) is 0. The Kier molecular flexibility index (Phi) is 5.56. The summed E-state index contributed by atoms with van der Waals surface area (Å²) in [4.78, 5) is 15.8. The first-order valence-electron chi connectivity index (χ1n) is 6.53. The highest BCUT2D eigenvalue weighted by Gasteiger charge is 2.33. The maximum absolute atomic E-state index is 11.4. The predicted molar refractivity (Wildman–Crippen MR) is 70.4 cm³/mol. The molecule has 1 fully saturated rings. The van der Waals surface area contributed by atoms with Crippen LogP contribution in [0.3, 0.4) is 0 Å². The van der Waals surface area contributed by atoms with E-state index in [1.165, 1.54) is 26.9 Å².